The summed E-state index contributed by atoms with van der Waals surface area (Å²) in [5, 5.41) is 10.6. The first-order valence-corrected chi connectivity index (χ1v) is 11.4. The van der Waals surface area contributed by atoms with Crippen molar-refractivity contribution in [3.05, 3.63) is 28.3 Å². The maximum Gasteiger partial charge on any atom is 0.276 e. The van der Waals surface area contributed by atoms with E-state index in [9.17, 15) is 8.42 Å². The van der Waals surface area contributed by atoms with Crippen molar-refractivity contribution in [3.8, 4) is 0 Å². The third-order valence-electron chi connectivity index (χ3n) is 6.74. The van der Waals surface area contributed by atoms with Crippen LogP contribution in [0, 0.1) is 12.3 Å². The number of nitrogens with two attached hydrogens (primary N) is 1. The maximum atomic E-state index is 11.5. The van der Waals surface area contributed by atoms with Crippen LogP contribution in [0.2, 0.25) is 5.15 Å². The molecule has 27 heavy (non-hydrogen) atoms. The van der Waals surface area contributed by atoms with Gasteiger partial charge in [0.2, 0.25) is 0 Å². The van der Waals surface area contributed by atoms with Gasteiger partial charge in [0.25, 0.3) is 10.2 Å². The predicted octanol–water partition coefficient (Wildman–Crippen LogP) is 2.73. The van der Waals surface area contributed by atoms with E-state index < -0.39 is 10.2 Å². The molecule has 0 aromatic carbocycles. The fourth-order valence-corrected chi connectivity index (χ4v) is 5.86. The van der Waals surface area contributed by atoms with Crippen LogP contribution in [0.4, 0.5) is 0 Å². The minimum Gasteiger partial charge on any atom is -0.233 e. The third kappa shape index (κ3) is 2.80. The van der Waals surface area contributed by atoms with Crippen LogP contribution in [0.25, 0.3) is 5.52 Å². The molecule has 3 fully saturated rings. The molecule has 5 rings (SSSR count). The highest BCUT2D eigenvalue weighted by Gasteiger charge is 2.56. The summed E-state index contributed by atoms with van der Waals surface area (Å²) >= 11 is 6.40. The average molecular weight is 410 g/mol. The summed E-state index contributed by atoms with van der Waals surface area (Å²) in [4.78, 5) is 4.96. The largest absolute Gasteiger partial charge is 0.276 e. The highest BCUT2D eigenvalue weighted by Crippen LogP contribution is 2.63. The van der Waals surface area contributed by atoms with Gasteiger partial charge >= 0.3 is 0 Å². The molecule has 0 unspecified atom stereocenters. The molecule has 0 amide bonds. The van der Waals surface area contributed by atoms with E-state index in [1.54, 1.807) is 7.05 Å². The van der Waals surface area contributed by atoms with Crippen LogP contribution in [-0.2, 0) is 10.2 Å². The minimum absolute atomic E-state index is 0.0258. The quantitative estimate of drug-likeness (QED) is 0.839. The van der Waals surface area contributed by atoms with Crippen LogP contribution in [0.15, 0.2) is 6.07 Å². The lowest BCUT2D eigenvalue weighted by Crippen LogP contribution is -2.57. The molecule has 1 spiro atoms. The third-order valence-corrected chi connectivity index (χ3v) is 8.11. The highest BCUT2D eigenvalue weighted by atomic mass is 35.5. The normalized spacial score (nSPS) is 30.7. The van der Waals surface area contributed by atoms with Crippen LogP contribution in [0.1, 0.15) is 67.4 Å². The molecule has 2 N–H and O–H groups in total. The molecule has 0 saturated heterocycles. The van der Waals surface area contributed by atoms with Gasteiger partial charge in [0.1, 0.15) is 5.15 Å². The van der Waals surface area contributed by atoms with Crippen molar-refractivity contribution in [1.82, 2.24) is 18.9 Å². The van der Waals surface area contributed by atoms with E-state index in [1.165, 1.54) is 4.31 Å². The van der Waals surface area contributed by atoms with Crippen LogP contribution in [0.5, 0.6) is 0 Å². The van der Waals surface area contributed by atoms with Crippen LogP contribution in [0.3, 0.4) is 0 Å². The number of halogens is 1. The maximum absolute atomic E-state index is 11.5. The number of aromatic nitrogens is 3. The highest BCUT2D eigenvalue weighted by molar-refractivity contribution is 7.86. The molecule has 0 radical (unpaired) electrons. The van der Waals surface area contributed by atoms with E-state index in [0.29, 0.717) is 17.0 Å². The average Bonchev–Trinajstić information content (AvgIpc) is 3.30. The molecule has 3 aliphatic carbocycles. The first-order valence-electron chi connectivity index (χ1n) is 9.48. The van der Waals surface area contributed by atoms with Crippen molar-refractivity contribution < 1.29 is 8.42 Å². The van der Waals surface area contributed by atoms with Crippen LogP contribution in [-0.4, -0.2) is 40.4 Å². The fraction of sp³-hybridized carbons (Fsp3) is 0.667. The van der Waals surface area contributed by atoms with Gasteiger partial charge in [0, 0.05) is 24.9 Å². The lowest BCUT2D eigenvalue weighted by atomic mass is 9.49. The van der Waals surface area contributed by atoms with Gasteiger partial charge in [-0.05, 0) is 62.5 Å². The summed E-state index contributed by atoms with van der Waals surface area (Å²) < 4.78 is 26.2. The SMILES string of the molecule is Cc1cc(Cl)n2nc(C3CC3)nc(C3CC4(C3)CC(N(C)S(N)(=O)=O)C4)c12. The predicted molar refractivity (Wildman–Crippen MR) is 103 cm³/mol. The zero-order valence-electron chi connectivity index (χ0n) is 15.5. The smallest absolute Gasteiger partial charge is 0.233 e. The number of hydrogen-bond donors (Lipinski definition) is 1. The van der Waals surface area contributed by atoms with E-state index in [0.717, 1.165) is 61.1 Å². The molecule has 2 aromatic heterocycles. The Balaban J connectivity index is 1.39. The molecule has 146 valence electrons. The van der Waals surface area contributed by atoms with Crippen molar-refractivity contribution in [2.45, 2.75) is 63.3 Å². The van der Waals surface area contributed by atoms with Gasteiger partial charge < -0.3 is 0 Å². The summed E-state index contributed by atoms with van der Waals surface area (Å²) in [7, 11) is -2.03. The topological polar surface area (TPSA) is 93.6 Å². The van der Waals surface area contributed by atoms with Gasteiger partial charge in [-0.3, -0.25) is 0 Å². The van der Waals surface area contributed by atoms with Gasteiger partial charge in [-0.2, -0.15) is 17.8 Å². The molecule has 2 aromatic rings. The molecule has 0 aliphatic heterocycles. The number of fused-ring (bicyclic) bond motifs is 1. The number of hydrogen-bond acceptors (Lipinski definition) is 4. The molecule has 0 atom stereocenters. The van der Waals surface area contributed by atoms with Crippen molar-refractivity contribution in [1.29, 1.82) is 0 Å². The lowest BCUT2D eigenvalue weighted by Gasteiger charge is -2.59. The van der Waals surface area contributed by atoms with Gasteiger partial charge in [-0.25, -0.2) is 14.6 Å². The lowest BCUT2D eigenvalue weighted by molar-refractivity contribution is -0.0408. The summed E-state index contributed by atoms with van der Waals surface area (Å²) in [5.41, 5.74) is 3.51. The number of rotatable bonds is 4. The molecule has 9 heteroatoms. The first kappa shape index (κ1) is 17.8. The van der Waals surface area contributed by atoms with E-state index >= 15 is 0 Å². The van der Waals surface area contributed by atoms with Gasteiger partial charge in [-0.1, -0.05) is 11.6 Å². The zero-order chi connectivity index (χ0) is 19.1. The summed E-state index contributed by atoms with van der Waals surface area (Å²) in [5.74, 6) is 1.77. The Morgan fingerprint density at radius 2 is 1.93 bits per heavy atom. The van der Waals surface area contributed by atoms with E-state index in [4.69, 9.17) is 21.7 Å². The number of nitrogens with zero attached hydrogens (tertiary/aromatic N) is 4. The Kier molecular flexibility index (Phi) is 3.74. The summed E-state index contributed by atoms with van der Waals surface area (Å²) in [6.45, 7) is 2.06. The van der Waals surface area contributed by atoms with E-state index in [1.807, 2.05) is 10.6 Å². The molecule has 3 aliphatic rings. The Labute approximate surface area is 164 Å². The minimum atomic E-state index is -3.61. The summed E-state index contributed by atoms with van der Waals surface area (Å²) in [6, 6.07) is 1.98. The van der Waals surface area contributed by atoms with Crippen molar-refractivity contribution in [2.24, 2.45) is 10.6 Å². The number of aryl methyl sites for hydroxylation is 1. The van der Waals surface area contributed by atoms with Gasteiger partial charge in [-0.15, -0.1) is 0 Å². The second kappa shape index (κ2) is 5.65. The van der Waals surface area contributed by atoms with Gasteiger partial charge in [0.15, 0.2) is 5.82 Å². The standard InChI is InChI=1S/C18H24ClN5O2S/c1-10-5-14(19)24-16(10)15(21-17(22-24)11-3-4-11)12-6-18(7-12)8-13(9-18)23(2)27(20,25)26/h5,11-13H,3-4,6-9H2,1-2H3,(H2,20,25,26). The first-order chi connectivity index (χ1) is 12.7. The second-order valence-electron chi connectivity index (χ2n) is 8.77. The molecular weight excluding hydrogens is 386 g/mol. The zero-order valence-corrected chi connectivity index (χ0v) is 17.1. The van der Waals surface area contributed by atoms with Crippen LogP contribution >= 0.6 is 11.6 Å². The van der Waals surface area contributed by atoms with Crippen molar-refractivity contribution in [2.75, 3.05) is 7.05 Å². The molecular formula is C18H24ClN5O2S. The van der Waals surface area contributed by atoms with E-state index in [2.05, 4.69) is 12.0 Å². The monoisotopic (exact) mass is 409 g/mol. The Bertz CT molecular complexity index is 1030. The Morgan fingerprint density at radius 1 is 1.26 bits per heavy atom. The molecule has 2 heterocycles. The summed E-state index contributed by atoms with van der Waals surface area (Å²) in [6.07, 6.45) is 6.15. The second-order valence-corrected chi connectivity index (χ2v) is 10.8. The van der Waals surface area contributed by atoms with Crippen molar-refractivity contribution in [3.63, 3.8) is 0 Å². The van der Waals surface area contributed by atoms with Gasteiger partial charge in [0.05, 0.1) is 11.2 Å². The molecule has 0 bridgehead atoms. The Morgan fingerprint density at radius 3 is 2.52 bits per heavy atom. The van der Waals surface area contributed by atoms with Crippen LogP contribution < -0.4 is 5.14 Å². The Hall–Kier alpha value is -1.22. The fourth-order valence-electron chi connectivity index (χ4n) is 5.01. The van der Waals surface area contributed by atoms with Crippen molar-refractivity contribution >= 4 is 27.3 Å². The molecule has 7 nitrogen and oxygen atoms in total. The van der Waals surface area contributed by atoms with E-state index in [-0.39, 0.29) is 11.5 Å². The molecule has 3 saturated carbocycles.